The minimum atomic E-state index is -0.234. The first-order chi connectivity index (χ1) is 30.3. The van der Waals surface area contributed by atoms with Crippen molar-refractivity contribution in [2.24, 2.45) is 5.41 Å². The quantitative estimate of drug-likeness (QED) is 0.142. The van der Waals surface area contributed by atoms with Crippen LogP contribution in [-0.2, 0) is 37.3 Å². The Labute approximate surface area is 401 Å². The Bertz CT molecular complexity index is 3030. The summed E-state index contributed by atoms with van der Waals surface area (Å²) in [5.41, 5.74) is 12.1. The van der Waals surface area contributed by atoms with Crippen LogP contribution in [0, 0.1) is 24.2 Å². The summed E-state index contributed by atoms with van der Waals surface area (Å²) in [6.07, 6.45) is 4.15. The van der Waals surface area contributed by atoms with E-state index in [2.05, 4.69) is 237 Å². The minimum Gasteiger partial charge on any atom is -0.509 e. The monoisotopic (exact) mass is 1030 g/mol. The second-order valence-corrected chi connectivity index (χ2v) is 20.8. The number of fused-ring (bicyclic) bond motifs is 3. The van der Waals surface area contributed by atoms with Crippen LogP contribution in [0.1, 0.15) is 98.4 Å². The van der Waals surface area contributed by atoms with E-state index in [4.69, 9.17) is 9.72 Å². The van der Waals surface area contributed by atoms with Crippen LogP contribution in [0.15, 0.2) is 158 Å². The molecule has 6 heteroatoms. The Morgan fingerprint density at radius 1 is 0.538 bits per heavy atom. The van der Waals surface area contributed by atoms with Crippen LogP contribution in [0.2, 0.25) is 0 Å². The van der Waals surface area contributed by atoms with Gasteiger partial charge in [-0.3, -0.25) is 0 Å². The number of ether oxygens (including phenoxy) is 1. The van der Waals surface area contributed by atoms with Gasteiger partial charge in [0.1, 0.15) is 5.82 Å². The molecule has 9 rings (SSSR count). The van der Waals surface area contributed by atoms with Gasteiger partial charge in [-0.25, -0.2) is 4.98 Å². The molecule has 8 aromatic rings. The number of pyridine rings is 1. The third kappa shape index (κ3) is 9.05. The van der Waals surface area contributed by atoms with Crippen molar-refractivity contribution in [2.45, 2.75) is 92.4 Å². The average molecular weight is 1040 g/mol. The van der Waals surface area contributed by atoms with Gasteiger partial charge in [-0.1, -0.05) is 161 Å². The fourth-order valence-corrected chi connectivity index (χ4v) is 8.70. The summed E-state index contributed by atoms with van der Waals surface area (Å²) in [5.74, 6) is 2.07. The fourth-order valence-electron chi connectivity index (χ4n) is 8.70. The van der Waals surface area contributed by atoms with E-state index < -0.39 is 0 Å². The first-order valence-corrected chi connectivity index (χ1v) is 22.4. The molecule has 0 N–H and O–H groups in total. The van der Waals surface area contributed by atoms with E-state index >= 15 is 0 Å². The molecule has 5 nitrogen and oxygen atoms in total. The number of hydrogen-bond donors (Lipinski definition) is 0. The van der Waals surface area contributed by atoms with Gasteiger partial charge in [0.2, 0.25) is 0 Å². The molecule has 0 radical (unpaired) electrons. The molecule has 2 aromatic heterocycles. The molecule has 1 aliphatic rings. The molecular formula is C59H59N4OPt-3. The van der Waals surface area contributed by atoms with E-state index in [-0.39, 0.29) is 42.7 Å². The zero-order chi connectivity index (χ0) is 45.2. The Hall–Kier alpha value is -5.90. The molecule has 0 atom stereocenters. The van der Waals surface area contributed by atoms with Gasteiger partial charge in [0, 0.05) is 66.5 Å². The van der Waals surface area contributed by atoms with E-state index in [0.29, 0.717) is 11.5 Å². The van der Waals surface area contributed by atoms with Crippen LogP contribution in [0.3, 0.4) is 0 Å². The molecule has 0 bridgehead atoms. The third-order valence-electron chi connectivity index (χ3n) is 12.7. The first kappa shape index (κ1) is 45.7. The third-order valence-corrected chi connectivity index (χ3v) is 12.7. The van der Waals surface area contributed by atoms with E-state index in [0.717, 1.165) is 33.6 Å². The summed E-state index contributed by atoms with van der Waals surface area (Å²) in [5, 5.41) is 2.27. The molecule has 0 aliphatic carbocycles. The van der Waals surface area contributed by atoms with E-state index in [9.17, 15) is 0 Å². The largest absolute Gasteiger partial charge is 0.509 e. The van der Waals surface area contributed by atoms with Gasteiger partial charge >= 0.3 is 0 Å². The topological polar surface area (TPSA) is 33.5 Å². The fraction of sp³-hybridized carbons (Fsp3) is 0.254. The number of benzene rings is 6. The van der Waals surface area contributed by atoms with Gasteiger partial charge in [-0.2, -0.15) is 12.1 Å². The SMILES string of the molecule is CC(C)(C)C1=CN(c2[c-]c(Oc3[c-]c4c(cc3)c3cc(C(C)(C)C)ccc3n4-c3cc(C(C)(C)C)ccn3)ccc2)[CH-]N1c1cc(-c2ccccc2)cc(C(C)(C)c2ccccc2)c1.[Pt]. The maximum atomic E-state index is 6.68. The average Bonchev–Trinajstić information content (AvgIpc) is 3.87. The first-order valence-electron chi connectivity index (χ1n) is 22.4. The zero-order valence-corrected chi connectivity index (χ0v) is 41.8. The maximum absolute atomic E-state index is 6.68. The van der Waals surface area contributed by atoms with Gasteiger partial charge in [-0.05, 0) is 86.1 Å². The molecule has 0 saturated carbocycles. The Morgan fingerprint density at radius 3 is 1.91 bits per heavy atom. The Balaban J connectivity index is 0.00000576. The number of aromatic nitrogens is 2. The van der Waals surface area contributed by atoms with Crippen molar-refractivity contribution in [1.82, 2.24) is 9.55 Å². The summed E-state index contributed by atoms with van der Waals surface area (Å²) < 4.78 is 8.90. The van der Waals surface area contributed by atoms with Crippen molar-refractivity contribution in [1.29, 1.82) is 0 Å². The van der Waals surface area contributed by atoms with Crippen molar-refractivity contribution < 1.29 is 25.8 Å². The Morgan fingerprint density at radius 2 is 1.22 bits per heavy atom. The van der Waals surface area contributed by atoms with Crippen LogP contribution in [0.5, 0.6) is 11.5 Å². The van der Waals surface area contributed by atoms with E-state index in [1.165, 1.54) is 44.5 Å². The second-order valence-electron chi connectivity index (χ2n) is 20.8. The van der Waals surface area contributed by atoms with Crippen LogP contribution in [0.25, 0.3) is 38.8 Å². The van der Waals surface area contributed by atoms with Crippen molar-refractivity contribution in [2.75, 3.05) is 9.80 Å². The minimum absolute atomic E-state index is 0. The van der Waals surface area contributed by atoms with Crippen LogP contribution >= 0.6 is 0 Å². The van der Waals surface area contributed by atoms with Crippen LogP contribution in [0.4, 0.5) is 11.4 Å². The Kier molecular flexibility index (Phi) is 12.0. The molecule has 0 fully saturated rings. The molecule has 0 unspecified atom stereocenters. The summed E-state index contributed by atoms with van der Waals surface area (Å²) in [4.78, 5) is 9.42. The molecule has 0 amide bonds. The van der Waals surface area contributed by atoms with Gasteiger partial charge in [-0.15, -0.1) is 48.1 Å². The normalized spacial score (nSPS) is 13.6. The zero-order valence-electron chi connectivity index (χ0n) is 39.5. The molecular weight excluding hydrogens is 976 g/mol. The van der Waals surface area contributed by atoms with E-state index in [1.807, 2.05) is 24.4 Å². The molecule has 0 saturated heterocycles. The van der Waals surface area contributed by atoms with E-state index in [1.54, 1.807) is 0 Å². The molecule has 3 heterocycles. The van der Waals surface area contributed by atoms with Crippen molar-refractivity contribution in [3.63, 3.8) is 0 Å². The molecule has 334 valence electrons. The maximum Gasteiger partial charge on any atom is 0.135 e. The summed E-state index contributed by atoms with van der Waals surface area (Å²) in [7, 11) is 0. The number of nitrogens with zero attached hydrogens (tertiary/aromatic N) is 4. The van der Waals surface area contributed by atoms with Crippen molar-refractivity contribution in [3.05, 3.63) is 199 Å². The van der Waals surface area contributed by atoms with Gasteiger partial charge in [0.15, 0.2) is 0 Å². The van der Waals surface area contributed by atoms with Gasteiger partial charge in [0.05, 0.1) is 0 Å². The molecule has 65 heavy (non-hydrogen) atoms. The molecule has 0 spiro atoms. The number of hydrogen-bond acceptors (Lipinski definition) is 4. The van der Waals surface area contributed by atoms with Crippen LogP contribution in [-0.4, -0.2) is 9.55 Å². The van der Waals surface area contributed by atoms with Crippen LogP contribution < -0.4 is 14.5 Å². The molecule has 6 aromatic carbocycles. The van der Waals surface area contributed by atoms with Crippen molar-refractivity contribution in [3.8, 4) is 28.4 Å². The van der Waals surface area contributed by atoms with Crippen molar-refractivity contribution >= 4 is 33.2 Å². The standard InChI is InChI=1S/C59H59N4O.Pt/c1-56(2,3)43-25-28-52-51(34-43)50-27-26-49(37-53(50)63(52)55-35-44(29-30-60-55)57(4,5)6)64-48-24-18-23-46(36-48)61-38-54(58(7,8)9)62(39-61)47-32-41(40-19-14-12-15-20-40)31-45(33-47)59(10,11)42-21-16-13-17-22-42;/h12-35,38-39H,1-11H3;/q-3;. The smallest absolute Gasteiger partial charge is 0.135 e. The summed E-state index contributed by atoms with van der Waals surface area (Å²) >= 11 is 0. The second kappa shape index (κ2) is 17.1. The van der Waals surface area contributed by atoms with Gasteiger partial charge in [0.25, 0.3) is 0 Å². The van der Waals surface area contributed by atoms with Gasteiger partial charge < -0.3 is 19.1 Å². The number of anilines is 2. The predicted octanol–water partition coefficient (Wildman–Crippen LogP) is 15.5. The number of rotatable bonds is 8. The summed E-state index contributed by atoms with van der Waals surface area (Å²) in [6.45, 7) is 27.1. The molecule has 1 aliphatic heterocycles. The number of allylic oxidation sites excluding steroid dienone is 1. The summed E-state index contributed by atoms with van der Waals surface area (Å²) in [6, 6.07) is 57.1. The predicted molar refractivity (Wildman–Crippen MR) is 267 cm³/mol.